The number of hydrogen-bond donors (Lipinski definition) is 1. The summed E-state index contributed by atoms with van der Waals surface area (Å²) < 4.78 is 46.5. The Labute approximate surface area is 163 Å². The summed E-state index contributed by atoms with van der Waals surface area (Å²) in [7, 11) is -0.805. The summed E-state index contributed by atoms with van der Waals surface area (Å²) in [4.78, 5) is -0.0142. The third kappa shape index (κ3) is 4.67. The predicted octanol–water partition coefficient (Wildman–Crippen LogP) is 3.01. The van der Waals surface area contributed by atoms with Crippen molar-refractivity contribution in [3.05, 3.63) is 46.5 Å². The van der Waals surface area contributed by atoms with Crippen LogP contribution in [0.25, 0.3) is 0 Å². The van der Waals surface area contributed by atoms with Gasteiger partial charge in [-0.05, 0) is 32.1 Å². The van der Waals surface area contributed by atoms with E-state index in [1.54, 1.807) is 13.8 Å². The largest absolute Gasteiger partial charge is 0.453 e. The van der Waals surface area contributed by atoms with Crippen molar-refractivity contribution < 1.29 is 17.5 Å². The van der Waals surface area contributed by atoms with Crippen LogP contribution >= 0.6 is 11.6 Å². The molecule has 1 heterocycles. The fourth-order valence-electron chi connectivity index (χ4n) is 2.39. The molecule has 2 rings (SSSR count). The number of allylic oxidation sites excluding steroid dienone is 1. The van der Waals surface area contributed by atoms with Crippen LogP contribution in [0, 0.1) is 13.8 Å². The van der Waals surface area contributed by atoms with Crippen LogP contribution in [-0.2, 0) is 16.6 Å². The Morgan fingerprint density at radius 2 is 2.07 bits per heavy atom. The van der Waals surface area contributed by atoms with E-state index in [1.165, 1.54) is 43.1 Å². The number of ether oxygens (including phenoxy) is 1. The van der Waals surface area contributed by atoms with Gasteiger partial charge in [-0.1, -0.05) is 11.6 Å². The Morgan fingerprint density at radius 1 is 1.41 bits per heavy atom. The molecule has 0 atom stereocenters. The minimum absolute atomic E-state index is 0.0142. The van der Waals surface area contributed by atoms with E-state index in [1.807, 2.05) is 0 Å². The summed E-state index contributed by atoms with van der Waals surface area (Å²) in [6.45, 7) is 3.54. The first-order valence-corrected chi connectivity index (χ1v) is 9.88. The van der Waals surface area contributed by atoms with E-state index < -0.39 is 15.9 Å². The summed E-state index contributed by atoms with van der Waals surface area (Å²) >= 11 is 6.14. The lowest BCUT2D eigenvalue weighted by molar-refractivity contribution is 0.470. The van der Waals surface area contributed by atoms with Gasteiger partial charge in [-0.25, -0.2) is 17.1 Å². The topological polar surface area (TPSA) is 90.5 Å². The lowest BCUT2D eigenvalue weighted by atomic mass is 10.3. The van der Waals surface area contributed by atoms with E-state index >= 15 is 0 Å². The number of benzene rings is 1. The minimum atomic E-state index is -3.66. The van der Waals surface area contributed by atoms with Crippen LogP contribution in [0.2, 0.25) is 5.02 Å². The molecule has 2 aromatic rings. The molecule has 2 N–H and O–H groups in total. The fourth-order valence-corrected chi connectivity index (χ4v) is 3.79. The van der Waals surface area contributed by atoms with Gasteiger partial charge in [0.1, 0.15) is 22.2 Å². The van der Waals surface area contributed by atoms with Gasteiger partial charge in [0.2, 0.25) is 10.0 Å². The van der Waals surface area contributed by atoms with Gasteiger partial charge in [0.15, 0.2) is 5.75 Å². The average molecular weight is 417 g/mol. The van der Waals surface area contributed by atoms with Gasteiger partial charge in [-0.2, -0.15) is 5.10 Å². The zero-order valence-electron chi connectivity index (χ0n) is 15.5. The molecular weight excluding hydrogens is 395 g/mol. The van der Waals surface area contributed by atoms with Crippen LogP contribution in [-0.4, -0.2) is 43.1 Å². The van der Waals surface area contributed by atoms with Gasteiger partial charge >= 0.3 is 0 Å². The molecule has 0 saturated carbocycles. The number of nitrogens with zero attached hydrogens (tertiary/aromatic N) is 3. The molecule has 0 aliphatic rings. The molecule has 0 aliphatic heterocycles. The smallest absolute Gasteiger partial charge is 0.244 e. The molecule has 27 heavy (non-hydrogen) atoms. The fraction of sp³-hybridized carbons (Fsp3) is 0.353. The van der Waals surface area contributed by atoms with Crippen molar-refractivity contribution in [3.8, 4) is 11.5 Å². The SMILES string of the molecule is Cc1nn(C/C(F)=C/CN)c(C)c1Oc1ccc(S(=O)(=O)N(C)C)c(Cl)c1. The van der Waals surface area contributed by atoms with E-state index in [-0.39, 0.29) is 23.0 Å². The third-order valence-electron chi connectivity index (χ3n) is 3.84. The van der Waals surface area contributed by atoms with Gasteiger partial charge in [0, 0.05) is 26.7 Å². The van der Waals surface area contributed by atoms with Crippen LogP contribution in [0.4, 0.5) is 4.39 Å². The Kier molecular flexibility index (Phi) is 6.63. The Hall–Kier alpha value is -1.94. The summed E-state index contributed by atoms with van der Waals surface area (Å²) in [5.74, 6) is 0.409. The maximum atomic E-state index is 13.7. The number of halogens is 2. The highest BCUT2D eigenvalue weighted by Crippen LogP contribution is 2.33. The molecule has 0 unspecified atom stereocenters. The van der Waals surface area contributed by atoms with E-state index in [4.69, 9.17) is 22.1 Å². The molecule has 0 saturated heterocycles. The molecular formula is C17H22ClFN4O3S. The van der Waals surface area contributed by atoms with Crippen molar-refractivity contribution in [1.29, 1.82) is 0 Å². The second-order valence-electron chi connectivity index (χ2n) is 6.03. The van der Waals surface area contributed by atoms with Crippen LogP contribution in [0.1, 0.15) is 11.4 Å². The van der Waals surface area contributed by atoms with Gasteiger partial charge in [-0.3, -0.25) is 4.68 Å². The average Bonchev–Trinajstić information content (AvgIpc) is 2.82. The molecule has 1 aromatic carbocycles. The monoisotopic (exact) mass is 416 g/mol. The van der Waals surface area contributed by atoms with Gasteiger partial charge in [0.05, 0.1) is 17.3 Å². The van der Waals surface area contributed by atoms with Crippen LogP contribution in [0.15, 0.2) is 35.0 Å². The number of rotatable bonds is 7. The zero-order chi connectivity index (χ0) is 20.4. The lowest BCUT2D eigenvalue weighted by Crippen LogP contribution is -2.22. The quantitative estimate of drug-likeness (QED) is 0.749. The first kappa shape index (κ1) is 21.4. The van der Waals surface area contributed by atoms with E-state index in [9.17, 15) is 12.8 Å². The molecule has 10 heteroatoms. The second-order valence-corrected chi connectivity index (χ2v) is 8.55. The van der Waals surface area contributed by atoms with Gasteiger partial charge in [0.25, 0.3) is 0 Å². The highest BCUT2D eigenvalue weighted by Gasteiger charge is 2.22. The predicted molar refractivity (Wildman–Crippen MR) is 102 cm³/mol. The van der Waals surface area contributed by atoms with Crippen LogP contribution < -0.4 is 10.5 Å². The molecule has 0 fully saturated rings. The number of aromatic nitrogens is 2. The number of sulfonamides is 1. The number of aryl methyl sites for hydroxylation is 1. The summed E-state index contributed by atoms with van der Waals surface area (Å²) in [5.41, 5.74) is 6.49. The van der Waals surface area contributed by atoms with E-state index in [0.717, 1.165) is 4.31 Å². The van der Waals surface area contributed by atoms with Crippen molar-refractivity contribution in [1.82, 2.24) is 14.1 Å². The van der Waals surface area contributed by atoms with E-state index in [2.05, 4.69) is 5.10 Å². The Balaban J connectivity index is 2.32. The van der Waals surface area contributed by atoms with Crippen molar-refractivity contribution in [2.75, 3.05) is 20.6 Å². The number of nitrogens with two attached hydrogens (primary N) is 1. The van der Waals surface area contributed by atoms with Gasteiger partial charge in [-0.15, -0.1) is 0 Å². The van der Waals surface area contributed by atoms with Crippen molar-refractivity contribution in [2.24, 2.45) is 5.73 Å². The molecule has 1 aromatic heterocycles. The maximum absolute atomic E-state index is 13.7. The third-order valence-corrected chi connectivity index (χ3v) is 6.14. The van der Waals surface area contributed by atoms with Crippen molar-refractivity contribution in [3.63, 3.8) is 0 Å². The standard InChI is InChI=1S/C17H22ClFN4O3S/c1-11-17(12(2)23(21-11)10-13(19)7-8-20)26-14-5-6-16(15(18)9-14)27(24,25)22(3)4/h5-7,9H,8,10,20H2,1-4H3/b13-7-. The maximum Gasteiger partial charge on any atom is 0.244 e. The Morgan fingerprint density at radius 3 is 2.63 bits per heavy atom. The normalized spacial score (nSPS) is 12.7. The molecule has 0 radical (unpaired) electrons. The summed E-state index contributed by atoms with van der Waals surface area (Å²) in [6.07, 6.45) is 1.28. The van der Waals surface area contributed by atoms with E-state index in [0.29, 0.717) is 22.9 Å². The first-order chi connectivity index (χ1) is 12.6. The summed E-state index contributed by atoms with van der Waals surface area (Å²) in [5, 5.41) is 4.31. The molecule has 0 spiro atoms. The second kappa shape index (κ2) is 8.39. The molecule has 0 aliphatic carbocycles. The van der Waals surface area contributed by atoms with Crippen molar-refractivity contribution in [2.45, 2.75) is 25.3 Å². The number of hydrogen-bond acceptors (Lipinski definition) is 5. The Bertz CT molecular complexity index is 971. The van der Waals surface area contributed by atoms with Gasteiger partial charge < -0.3 is 10.5 Å². The highest BCUT2D eigenvalue weighted by atomic mass is 35.5. The lowest BCUT2D eigenvalue weighted by Gasteiger charge is -2.14. The van der Waals surface area contributed by atoms with Crippen molar-refractivity contribution >= 4 is 21.6 Å². The highest BCUT2D eigenvalue weighted by molar-refractivity contribution is 7.89. The first-order valence-electron chi connectivity index (χ1n) is 8.06. The zero-order valence-corrected chi connectivity index (χ0v) is 17.1. The molecule has 148 valence electrons. The molecule has 0 bridgehead atoms. The molecule has 7 nitrogen and oxygen atoms in total. The minimum Gasteiger partial charge on any atom is -0.453 e. The van der Waals surface area contributed by atoms with Crippen LogP contribution in [0.5, 0.6) is 11.5 Å². The molecule has 0 amide bonds. The summed E-state index contributed by atoms with van der Waals surface area (Å²) in [6, 6.07) is 4.31. The van der Waals surface area contributed by atoms with Crippen LogP contribution in [0.3, 0.4) is 0 Å².